The molecule has 3 heterocycles. The Morgan fingerprint density at radius 3 is 2.53 bits per heavy atom. The monoisotopic (exact) mass is 540 g/mol. The third-order valence-corrected chi connectivity index (χ3v) is 8.00. The molecule has 0 spiro atoms. The van der Waals surface area contributed by atoms with Gasteiger partial charge >= 0.3 is 5.97 Å². The van der Waals surface area contributed by atoms with Gasteiger partial charge in [0, 0.05) is 35.3 Å². The Balaban J connectivity index is 1.54. The molecular formula is C29H21ClN4O3S. The molecule has 3 aromatic carbocycles. The molecule has 6 aromatic rings. The van der Waals surface area contributed by atoms with Crippen molar-refractivity contribution in [3.63, 3.8) is 0 Å². The average Bonchev–Trinajstić information content (AvgIpc) is 3.48. The minimum absolute atomic E-state index is 0.126. The zero-order valence-corrected chi connectivity index (χ0v) is 22.0. The average molecular weight is 541 g/mol. The molecule has 0 radical (unpaired) electrons. The van der Waals surface area contributed by atoms with E-state index in [1.807, 2.05) is 61.2 Å². The van der Waals surface area contributed by atoms with E-state index < -0.39 is 5.97 Å². The Hall–Kier alpha value is -4.27. The summed E-state index contributed by atoms with van der Waals surface area (Å²) in [6.45, 7) is 1.89. The van der Waals surface area contributed by atoms with Gasteiger partial charge in [0.2, 0.25) is 0 Å². The minimum atomic E-state index is -0.915. The Morgan fingerprint density at radius 2 is 1.76 bits per heavy atom. The van der Waals surface area contributed by atoms with Gasteiger partial charge in [-0.05, 0) is 71.1 Å². The van der Waals surface area contributed by atoms with Crippen molar-refractivity contribution in [1.82, 2.24) is 19.3 Å². The van der Waals surface area contributed by atoms with Crippen molar-refractivity contribution < 1.29 is 9.90 Å². The first-order chi connectivity index (χ1) is 18.3. The Morgan fingerprint density at radius 1 is 1.03 bits per heavy atom. The second kappa shape index (κ2) is 9.24. The first kappa shape index (κ1) is 24.1. The topological polar surface area (TPSA) is 90.0 Å². The van der Waals surface area contributed by atoms with Crippen molar-refractivity contribution in [2.75, 3.05) is 0 Å². The normalized spacial score (nSPS) is 11.4. The summed E-state index contributed by atoms with van der Waals surface area (Å²) in [7, 11) is 1.90. The molecule has 38 heavy (non-hydrogen) atoms. The Kier molecular flexibility index (Phi) is 5.86. The van der Waals surface area contributed by atoms with Gasteiger partial charge in [0.25, 0.3) is 5.56 Å². The molecule has 0 aliphatic rings. The number of nitrogens with zero attached hydrogens (tertiary/aromatic N) is 4. The fourth-order valence-corrected chi connectivity index (χ4v) is 6.02. The van der Waals surface area contributed by atoms with Crippen LogP contribution < -0.4 is 5.56 Å². The maximum Gasteiger partial charge on any atom is 0.307 e. The van der Waals surface area contributed by atoms with E-state index in [0.29, 0.717) is 21.2 Å². The van der Waals surface area contributed by atoms with E-state index in [2.05, 4.69) is 5.10 Å². The fourth-order valence-electron chi connectivity index (χ4n) is 4.78. The number of aryl methyl sites for hydroxylation is 2. The van der Waals surface area contributed by atoms with Gasteiger partial charge in [-0.1, -0.05) is 41.1 Å². The summed E-state index contributed by atoms with van der Waals surface area (Å²) in [5.41, 5.74) is 6.55. The van der Waals surface area contributed by atoms with Crippen molar-refractivity contribution in [2.45, 2.75) is 13.3 Å². The number of aliphatic carboxylic acids is 1. The molecule has 0 saturated carbocycles. The predicted molar refractivity (Wildman–Crippen MR) is 151 cm³/mol. The van der Waals surface area contributed by atoms with Crippen LogP contribution in [0.1, 0.15) is 11.1 Å². The van der Waals surface area contributed by atoms with Crippen molar-refractivity contribution in [3.05, 3.63) is 99.6 Å². The van der Waals surface area contributed by atoms with Gasteiger partial charge in [-0.3, -0.25) is 18.8 Å². The number of carboxylic acid groups (broad SMARTS) is 1. The lowest BCUT2D eigenvalue weighted by Gasteiger charge is -2.13. The predicted octanol–water partition coefficient (Wildman–Crippen LogP) is 6.26. The molecule has 0 atom stereocenters. The van der Waals surface area contributed by atoms with E-state index in [-0.39, 0.29) is 12.0 Å². The van der Waals surface area contributed by atoms with Crippen LogP contribution in [0.25, 0.3) is 48.5 Å². The fraction of sp³-hybridized carbons (Fsp3) is 0.103. The second-order valence-corrected chi connectivity index (χ2v) is 10.6. The summed E-state index contributed by atoms with van der Waals surface area (Å²) in [6.07, 6.45) is 3.49. The molecule has 0 unspecified atom stereocenters. The highest BCUT2D eigenvalue weighted by Crippen LogP contribution is 2.39. The first-order valence-electron chi connectivity index (χ1n) is 11.8. The number of thiazole rings is 1. The molecule has 3 aromatic heterocycles. The highest BCUT2D eigenvalue weighted by atomic mass is 35.5. The maximum atomic E-state index is 13.0. The van der Waals surface area contributed by atoms with Crippen LogP contribution in [0.4, 0.5) is 0 Å². The summed E-state index contributed by atoms with van der Waals surface area (Å²) >= 11 is 7.49. The first-order valence-corrected chi connectivity index (χ1v) is 13.0. The minimum Gasteiger partial charge on any atom is -0.481 e. The van der Waals surface area contributed by atoms with Crippen LogP contribution in [0.5, 0.6) is 0 Å². The van der Waals surface area contributed by atoms with Crippen molar-refractivity contribution in [3.8, 4) is 27.4 Å². The highest BCUT2D eigenvalue weighted by molar-refractivity contribution is 7.21. The van der Waals surface area contributed by atoms with Crippen LogP contribution in [-0.4, -0.2) is 30.4 Å². The lowest BCUT2D eigenvalue weighted by Crippen LogP contribution is -2.16. The highest BCUT2D eigenvalue weighted by Gasteiger charge is 2.20. The number of hydrogen-bond donors (Lipinski definition) is 1. The molecule has 0 saturated heterocycles. The molecule has 0 bridgehead atoms. The maximum absolute atomic E-state index is 13.0. The number of benzene rings is 3. The van der Waals surface area contributed by atoms with Gasteiger partial charge in [0.15, 0.2) is 5.13 Å². The third-order valence-electron chi connectivity index (χ3n) is 6.66. The summed E-state index contributed by atoms with van der Waals surface area (Å²) in [4.78, 5) is 29.5. The molecular weight excluding hydrogens is 520 g/mol. The molecule has 0 amide bonds. The molecule has 188 valence electrons. The van der Waals surface area contributed by atoms with Gasteiger partial charge < -0.3 is 5.11 Å². The number of hydrogen-bond acceptors (Lipinski definition) is 5. The Labute approximate surface area is 226 Å². The SMILES string of the molecule is Cc1cc2nc(-n3cc(-c4ccc5c(cnn5C)c4)ccc3=O)sc2c(-c2ccc(Cl)cc2)c1CC(=O)O. The van der Waals surface area contributed by atoms with E-state index in [9.17, 15) is 14.7 Å². The summed E-state index contributed by atoms with van der Waals surface area (Å²) in [5, 5.41) is 16.0. The lowest BCUT2D eigenvalue weighted by molar-refractivity contribution is -0.136. The molecule has 9 heteroatoms. The number of fused-ring (bicyclic) bond motifs is 2. The van der Waals surface area contributed by atoms with Gasteiger partial charge in [0.1, 0.15) is 0 Å². The van der Waals surface area contributed by atoms with E-state index in [1.54, 1.807) is 29.0 Å². The number of rotatable bonds is 5. The molecule has 0 aliphatic carbocycles. The summed E-state index contributed by atoms with van der Waals surface area (Å²) in [6, 6.07) is 18.6. The van der Waals surface area contributed by atoms with E-state index in [0.717, 1.165) is 43.4 Å². The van der Waals surface area contributed by atoms with Gasteiger partial charge in [-0.25, -0.2) is 4.98 Å². The molecule has 0 fully saturated rings. The smallest absolute Gasteiger partial charge is 0.307 e. The lowest BCUT2D eigenvalue weighted by atomic mass is 9.93. The molecule has 1 N–H and O–H groups in total. The van der Waals surface area contributed by atoms with Gasteiger partial charge in [-0.15, -0.1) is 0 Å². The number of carbonyl (C=O) groups is 1. The number of pyridine rings is 1. The number of carboxylic acids is 1. The van der Waals surface area contributed by atoms with E-state index in [1.165, 1.54) is 17.4 Å². The largest absolute Gasteiger partial charge is 0.481 e. The Bertz CT molecular complexity index is 1940. The van der Waals surface area contributed by atoms with Crippen LogP contribution in [0.2, 0.25) is 5.02 Å². The standard InChI is InChI=1S/C29H21ClN4O3S/c1-16-11-23-28(27(22(16)13-26(36)37)17-3-7-21(30)8-4-17)38-29(32-23)34-15-19(6-10-25(34)35)18-5-9-24-20(12-18)14-31-33(24)2/h3-12,14-15H,13H2,1-2H3,(H,36,37). The van der Waals surface area contributed by atoms with Crippen molar-refractivity contribution in [2.24, 2.45) is 7.05 Å². The van der Waals surface area contributed by atoms with Crippen LogP contribution in [0.15, 0.2) is 77.9 Å². The summed E-state index contributed by atoms with van der Waals surface area (Å²) in [5.74, 6) is -0.915. The van der Waals surface area contributed by atoms with Crippen molar-refractivity contribution >= 4 is 50.0 Å². The third kappa shape index (κ3) is 4.17. The molecule has 7 nitrogen and oxygen atoms in total. The molecule has 0 aliphatic heterocycles. The van der Waals surface area contributed by atoms with E-state index >= 15 is 0 Å². The van der Waals surface area contributed by atoms with Gasteiger partial charge in [0.05, 0.1) is 28.4 Å². The zero-order valence-electron chi connectivity index (χ0n) is 20.5. The van der Waals surface area contributed by atoms with Gasteiger partial charge in [-0.2, -0.15) is 5.10 Å². The molecule has 6 rings (SSSR count). The second-order valence-electron chi connectivity index (χ2n) is 9.14. The van der Waals surface area contributed by atoms with Crippen molar-refractivity contribution in [1.29, 1.82) is 0 Å². The zero-order chi connectivity index (χ0) is 26.6. The van der Waals surface area contributed by atoms with Crippen LogP contribution in [-0.2, 0) is 18.3 Å². The van der Waals surface area contributed by atoms with E-state index in [4.69, 9.17) is 16.6 Å². The van der Waals surface area contributed by atoms with Crippen LogP contribution in [0, 0.1) is 6.92 Å². The van der Waals surface area contributed by atoms with Crippen LogP contribution >= 0.6 is 22.9 Å². The van der Waals surface area contributed by atoms with Crippen LogP contribution in [0.3, 0.4) is 0 Å². The number of aromatic nitrogens is 4. The summed E-state index contributed by atoms with van der Waals surface area (Å²) < 4.78 is 4.18. The number of halogens is 1. The quantitative estimate of drug-likeness (QED) is 0.279.